The fourth-order valence-corrected chi connectivity index (χ4v) is 4.42. The van der Waals surface area contributed by atoms with Crippen molar-refractivity contribution in [3.63, 3.8) is 0 Å². The first-order valence-electron chi connectivity index (χ1n) is 12.9. The van der Waals surface area contributed by atoms with E-state index in [0.717, 1.165) is 21.4 Å². The molecule has 0 spiro atoms. The number of hydrogen-bond acceptors (Lipinski definition) is 8. The van der Waals surface area contributed by atoms with Gasteiger partial charge in [0.15, 0.2) is 11.7 Å². The molecular formula is C31H30BrFN8O2. The molecule has 43 heavy (non-hydrogen) atoms. The summed E-state index contributed by atoms with van der Waals surface area (Å²) < 4.78 is 22.6. The second kappa shape index (κ2) is 13.0. The van der Waals surface area contributed by atoms with Crippen molar-refractivity contribution in [2.24, 2.45) is 0 Å². The molecule has 0 unspecified atom stereocenters. The highest BCUT2D eigenvalue weighted by atomic mass is 79.9. The molecule has 0 radical (unpaired) electrons. The Labute approximate surface area is 256 Å². The Bertz CT molecular complexity index is 1900. The molecule has 1 amide bonds. The molecule has 0 fully saturated rings. The summed E-state index contributed by atoms with van der Waals surface area (Å²) in [6, 6.07) is 12.0. The van der Waals surface area contributed by atoms with Crippen molar-refractivity contribution in [3.05, 3.63) is 106 Å². The number of halogens is 2. The van der Waals surface area contributed by atoms with Gasteiger partial charge < -0.3 is 9.32 Å². The number of hydrogen-bond donors (Lipinski definition) is 0. The number of aromatic nitrogens is 7. The third-order valence-electron chi connectivity index (χ3n) is 6.40. The summed E-state index contributed by atoms with van der Waals surface area (Å²) in [4.78, 5) is 35.5. The van der Waals surface area contributed by atoms with Crippen LogP contribution in [0.1, 0.15) is 40.7 Å². The maximum Gasteiger partial charge on any atom is 0.295 e. The largest absolute Gasteiger partial charge is 0.436 e. The number of pyridine rings is 2. The van der Waals surface area contributed by atoms with Crippen LogP contribution in [-0.4, -0.2) is 47.5 Å². The van der Waals surface area contributed by atoms with Crippen molar-refractivity contribution >= 4 is 33.3 Å². The first kappa shape index (κ1) is 31.1. The highest BCUT2D eigenvalue weighted by Crippen LogP contribution is 2.27. The maximum atomic E-state index is 14.8. The van der Waals surface area contributed by atoms with Gasteiger partial charge in [0.05, 0.1) is 17.0 Å². The molecule has 10 nitrogen and oxygen atoms in total. The molecule has 1 aromatic carbocycles. The van der Waals surface area contributed by atoms with Gasteiger partial charge in [0, 0.05) is 50.0 Å². The van der Waals surface area contributed by atoms with Crippen LogP contribution >= 0.6 is 15.9 Å². The van der Waals surface area contributed by atoms with Gasteiger partial charge in [-0.3, -0.25) is 9.78 Å². The Morgan fingerprint density at radius 1 is 0.977 bits per heavy atom. The molecule has 6 aromatic rings. The average molecular weight is 646 g/mol. The molecule has 5 aromatic heterocycles. The zero-order chi connectivity index (χ0) is 30.0. The Hall–Kier alpha value is -4.84. The molecule has 0 bridgehead atoms. The third kappa shape index (κ3) is 6.64. The second-order valence-corrected chi connectivity index (χ2v) is 10.2. The molecule has 5 heterocycles. The Balaban J connectivity index is 0.000000409. The lowest BCUT2D eigenvalue weighted by molar-refractivity contribution is 0.0964. The number of rotatable bonds is 4. The zero-order valence-electron chi connectivity index (χ0n) is 23.5. The van der Waals surface area contributed by atoms with Crippen molar-refractivity contribution in [3.8, 4) is 22.6 Å². The summed E-state index contributed by atoms with van der Waals surface area (Å²) in [5.41, 5.74) is 4.79. The van der Waals surface area contributed by atoms with Crippen LogP contribution in [0.15, 0.2) is 76.3 Å². The van der Waals surface area contributed by atoms with Gasteiger partial charge in [0.1, 0.15) is 10.4 Å². The lowest BCUT2D eigenvalue weighted by Gasteiger charge is -2.17. The Morgan fingerprint density at radius 2 is 1.70 bits per heavy atom. The van der Waals surface area contributed by atoms with E-state index in [0.29, 0.717) is 23.0 Å². The second-order valence-electron chi connectivity index (χ2n) is 9.48. The molecule has 12 heteroatoms. The van der Waals surface area contributed by atoms with Gasteiger partial charge in [-0.25, -0.2) is 23.9 Å². The summed E-state index contributed by atoms with van der Waals surface area (Å²) in [6.45, 7) is 7.34. The molecule has 0 N–H and O–H groups in total. The molecule has 0 saturated carbocycles. The van der Waals surface area contributed by atoms with Crippen LogP contribution in [0.25, 0.3) is 28.4 Å². The number of anilines is 1. The van der Waals surface area contributed by atoms with E-state index in [4.69, 9.17) is 4.42 Å². The fourth-order valence-electron chi connectivity index (χ4n) is 4.17. The first-order valence-corrected chi connectivity index (χ1v) is 13.6. The molecule has 0 aliphatic rings. The van der Waals surface area contributed by atoms with Gasteiger partial charge in [-0.1, -0.05) is 19.6 Å². The Kier molecular flexibility index (Phi) is 9.40. The minimum Gasteiger partial charge on any atom is -0.436 e. The lowest BCUT2D eigenvalue weighted by Crippen LogP contribution is -2.26. The monoisotopic (exact) mass is 644 g/mol. The number of nitrogens with zero attached hydrogens (tertiary/aromatic N) is 8. The van der Waals surface area contributed by atoms with Crippen molar-refractivity contribution in [2.75, 3.05) is 11.9 Å². The maximum absolute atomic E-state index is 14.8. The van der Waals surface area contributed by atoms with Crippen LogP contribution in [-0.2, 0) is 0 Å². The SMILES string of the molecule is C.Cc1cccnc1Br.Cc1nc(C)c(C(=O)N(C)c2ccc(F)c(-c3nc4ncc(-c5ncccc5C)cn4n3)c2)o1. The van der Waals surface area contributed by atoms with Crippen molar-refractivity contribution in [1.29, 1.82) is 0 Å². The summed E-state index contributed by atoms with van der Waals surface area (Å²) in [5.74, 6) is 0.0845. The van der Waals surface area contributed by atoms with E-state index in [2.05, 4.69) is 45.9 Å². The molecule has 0 saturated heterocycles. The minimum absolute atomic E-state index is 0. The number of carbonyl (C=O) groups excluding carboxylic acids is 1. The van der Waals surface area contributed by atoms with Crippen molar-refractivity contribution in [1.82, 2.24) is 34.5 Å². The smallest absolute Gasteiger partial charge is 0.295 e. The molecule has 0 aliphatic carbocycles. The average Bonchev–Trinajstić information content (AvgIpc) is 3.56. The zero-order valence-corrected chi connectivity index (χ0v) is 25.1. The topological polar surface area (TPSA) is 115 Å². The number of aryl methyl sites for hydroxylation is 4. The summed E-state index contributed by atoms with van der Waals surface area (Å²) >= 11 is 3.28. The van der Waals surface area contributed by atoms with Crippen LogP contribution in [0, 0.1) is 33.5 Å². The van der Waals surface area contributed by atoms with Crippen LogP contribution < -0.4 is 4.90 Å². The number of carbonyl (C=O) groups is 1. The third-order valence-corrected chi connectivity index (χ3v) is 7.23. The van der Waals surface area contributed by atoms with E-state index in [1.807, 2.05) is 38.1 Å². The molecule has 0 aliphatic heterocycles. The van der Waals surface area contributed by atoms with Gasteiger partial charge in [-0.05, 0) is 78.2 Å². The molecule has 0 atom stereocenters. The van der Waals surface area contributed by atoms with E-state index in [1.54, 1.807) is 45.7 Å². The van der Waals surface area contributed by atoms with E-state index >= 15 is 0 Å². The van der Waals surface area contributed by atoms with E-state index in [1.165, 1.54) is 33.2 Å². The first-order chi connectivity index (χ1) is 20.1. The normalized spacial score (nSPS) is 10.6. The van der Waals surface area contributed by atoms with Crippen LogP contribution in [0.3, 0.4) is 0 Å². The highest BCUT2D eigenvalue weighted by molar-refractivity contribution is 9.10. The quantitative estimate of drug-likeness (QED) is 0.189. The summed E-state index contributed by atoms with van der Waals surface area (Å²) in [5, 5.41) is 4.42. The predicted molar refractivity (Wildman–Crippen MR) is 166 cm³/mol. The van der Waals surface area contributed by atoms with Crippen LogP contribution in [0.5, 0.6) is 0 Å². The fraction of sp³-hybridized carbons (Fsp3) is 0.194. The van der Waals surface area contributed by atoms with E-state index in [9.17, 15) is 9.18 Å². The van der Waals surface area contributed by atoms with Gasteiger partial charge >= 0.3 is 0 Å². The highest BCUT2D eigenvalue weighted by Gasteiger charge is 2.23. The lowest BCUT2D eigenvalue weighted by atomic mass is 10.1. The van der Waals surface area contributed by atoms with Crippen molar-refractivity contribution in [2.45, 2.75) is 35.1 Å². The predicted octanol–water partition coefficient (Wildman–Crippen LogP) is 6.97. The summed E-state index contributed by atoms with van der Waals surface area (Å²) in [6.07, 6.45) is 6.88. The molecular weight excluding hydrogens is 615 g/mol. The van der Waals surface area contributed by atoms with Gasteiger partial charge in [0.2, 0.25) is 5.76 Å². The number of benzene rings is 1. The molecule has 6 rings (SSSR count). The number of amides is 1. The standard InChI is InChI=1S/C24H20FN7O2.C6H6BrN.CH4/c1-13-6-5-9-26-20(13)16-11-27-24-29-22(30-32(24)12-16)18-10-17(7-8-19(18)25)31(4)23(33)21-14(2)28-15(3)34-21;1-5-3-2-4-8-6(5)7;/h5-12H,1-4H3;2-4H,1H3;1H4. The summed E-state index contributed by atoms with van der Waals surface area (Å²) in [7, 11) is 1.58. The number of oxazole rings is 1. The van der Waals surface area contributed by atoms with E-state index in [-0.39, 0.29) is 24.6 Å². The van der Waals surface area contributed by atoms with Gasteiger partial charge in [0.25, 0.3) is 11.7 Å². The minimum atomic E-state index is -0.520. The van der Waals surface area contributed by atoms with Gasteiger partial charge in [-0.2, -0.15) is 4.98 Å². The van der Waals surface area contributed by atoms with Crippen LogP contribution in [0.4, 0.5) is 10.1 Å². The van der Waals surface area contributed by atoms with Crippen LogP contribution in [0.2, 0.25) is 0 Å². The molecule has 220 valence electrons. The Morgan fingerprint density at radius 3 is 2.33 bits per heavy atom. The van der Waals surface area contributed by atoms with E-state index < -0.39 is 11.7 Å². The van der Waals surface area contributed by atoms with Crippen molar-refractivity contribution < 1.29 is 13.6 Å². The number of fused-ring (bicyclic) bond motifs is 1. The van der Waals surface area contributed by atoms with Gasteiger partial charge in [-0.15, -0.1) is 5.10 Å².